The van der Waals surface area contributed by atoms with Crippen LogP contribution in [0.1, 0.15) is 18.1 Å². The molecule has 0 atom stereocenters. The van der Waals surface area contributed by atoms with Gasteiger partial charge in [-0.15, -0.1) is 0 Å². The molecule has 0 aliphatic carbocycles. The number of carbonyl (C=O) groups is 2. The molecule has 63 heavy (non-hydrogen) atoms. The highest BCUT2D eigenvalue weighted by molar-refractivity contribution is 5.96. The van der Waals surface area contributed by atoms with Crippen LogP contribution in [0.25, 0.3) is 45.1 Å². The molecule has 0 bridgehead atoms. The fourth-order valence-electron chi connectivity index (χ4n) is 5.91. The van der Waals surface area contributed by atoms with E-state index in [1.54, 1.807) is 89.3 Å². The number of aromatic nitrogens is 10. The van der Waals surface area contributed by atoms with Gasteiger partial charge < -0.3 is 37.5 Å². The zero-order chi connectivity index (χ0) is 45.2. The summed E-state index contributed by atoms with van der Waals surface area (Å²) in [6.07, 6.45) is 1.71. The van der Waals surface area contributed by atoms with Crippen LogP contribution >= 0.6 is 0 Å². The number of hydrogen-bond acceptors (Lipinski definition) is 17. The van der Waals surface area contributed by atoms with Gasteiger partial charge >= 0.3 is 12.2 Å². The van der Waals surface area contributed by atoms with Gasteiger partial charge in [0.25, 0.3) is 0 Å². The smallest absolute Gasteiger partial charge is 0.411 e. The van der Waals surface area contributed by atoms with Gasteiger partial charge in [-0.3, -0.25) is 10.6 Å². The molecular weight excluding hydrogens is 823 g/mol. The van der Waals surface area contributed by atoms with Gasteiger partial charge in [-0.05, 0) is 43.3 Å². The Bertz CT molecular complexity index is 2690. The van der Waals surface area contributed by atoms with Gasteiger partial charge in [-0.25, -0.2) is 57.6 Å². The number of amides is 2. The van der Waals surface area contributed by atoms with Gasteiger partial charge in [0.2, 0.25) is 0 Å². The predicted octanol–water partition coefficient (Wildman–Crippen LogP) is 4.84. The average Bonchev–Trinajstić information content (AvgIpc) is 3.83. The number of pyridine rings is 2. The number of nitrogens with two attached hydrogens (primary N) is 4. The minimum Gasteiger partial charge on any atom is -0.453 e. The van der Waals surface area contributed by atoms with Crippen molar-refractivity contribution < 1.29 is 33.0 Å². The van der Waals surface area contributed by atoms with Crippen molar-refractivity contribution in [3.05, 3.63) is 108 Å². The lowest BCUT2D eigenvalue weighted by atomic mass is 10.2. The van der Waals surface area contributed by atoms with Crippen molar-refractivity contribution in [1.82, 2.24) is 49.5 Å². The molecule has 6 heterocycles. The number of nitrogens with one attached hydrogen (secondary N) is 2. The van der Waals surface area contributed by atoms with E-state index in [9.17, 15) is 18.4 Å². The number of rotatable bonds is 8. The normalized spacial score (nSPS) is 10.6. The molecule has 0 radical (unpaired) electrons. The topological polar surface area (TPSA) is 314 Å². The molecule has 8 rings (SSSR count). The summed E-state index contributed by atoms with van der Waals surface area (Å²) in [4.78, 5) is 48.5. The van der Waals surface area contributed by atoms with E-state index in [-0.39, 0.29) is 77.6 Å². The van der Waals surface area contributed by atoms with Crippen LogP contribution in [0.15, 0.2) is 85.2 Å². The first-order chi connectivity index (χ1) is 30.4. The van der Waals surface area contributed by atoms with Gasteiger partial charge in [-0.1, -0.05) is 36.4 Å². The molecule has 2 amide bonds. The molecule has 21 nitrogen and oxygen atoms in total. The number of nitrogen functional groups attached to an aromatic ring is 4. The quantitative estimate of drug-likeness (QED) is 0.107. The fraction of sp³-hybridized carbons (Fsp3) is 0.150. The van der Waals surface area contributed by atoms with Crippen molar-refractivity contribution >= 4 is 68.9 Å². The van der Waals surface area contributed by atoms with Crippen LogP contribution in [0.5, 0.6) is 0 Å². The Morgan fingerprint density at radius 3 is 1.30 bits per heavy atom. The number of benzene rings is 2. The van der Waals surface area contributed by atoms with E-state index < -0.39 is 12.2 Å². The molecule has 23 heteroatoms. The Morgan fingerprint density at radius 1 is 0.619 bits per heavy atom. The molecule has 0 saturated heterocycles. The van der Waals surface area contributed by atoms with Crippen molar-refractivity contribution in [3.8, 4) is 23.0 Å². The summed E-state index contributed by atoms with van der Waals surface area (Å²) in [6, 6.07) is 19.9. The van der Waals surface area contributed by atoms with E-state index in [4.69, 9.17) is 28.0 Å². The van der Waals surface area contributed by atoms with Gasteiger partial charge in [0.15, 0.2) is 46.2 Å². The van der Waals surface area contributed by atoms with E-state index >= 15 is 0 Å². The van der Waals surface area contributed by atoms with Crippen LogP contribution in [0.4, 0.5) is 53.0 Å². The number of nitrogens with zero attached hydrogens (tertiary/aromatic N) is 10. The van der Waals surface area contributed by atoms with Crippen LogP contribution < -0.4 is 33.6 Å². The number of fused-ring (bicyclic) bond motifs is 2. The Kier molecular flexibility index (Phi) is 13.7. The molecule has 0 aliphatic rings. The monoisotopic (exact) mass is 862 g/mol. The van der Waals surface area contributed by atoms with Crippen molar-refractivity contribution in [1.29, 1.82) is 0 Å². The summed E-state index contributed by atoms with van der Waals surface area (Å²) < 4.78 is 40.4. The molecule has 0 unspecified atom stereocenters. The third-order valence-corrected chi connectivity index (χ3v) is 8.75. The summed E-state index contributed by atoms with van der Waals surface area (Å²) in [5.41, 5.74) is 26.6. The molecule has 324 valence electrons. The van der Waals surface area contributed by atoms with Crippen molar-refractivity contribution in [3.63, 3.8) is 0 Å². The fourth-order valence-corrected chi connectivity index (χ4v) is 5.91. The molecule has 0 fully saturated rings. The Labute approximate surface area is 356 Å². The van der Waals surface area contributed by atoms with Crippen molar-refractivity contribution in [2.45, 2.75) is 20.0 Å². The summed E-state index contributed by atoms with van der Waals surface area (Å²) >= 11 is 0. The number of methoxy groups -OCH3 is 2. The first kappa shape index (κ1) is 44.0. The Morgan fingerprint density at radius 2 is 0.968 bits per heavy atom. The van der Waals surface area contributed by atoms with Crippen LogP contribution in [-0.4, -0.2) is 87.6 Å². The Balaban J connectivity index is 0.000000198. The van der Waals surface area contributed by atoms with Gasteiger partial charge in [-0.2, -0.15) is 10.2 Å². The number of ether oxygens (including phenoxy) is 2. The lowest BCUT2D eigenvalue weighted by Gasteiger charge is -2.10. The summed E-state index contributed by atoms with van der Waals surface area (Å²) in [7, 11) is 2.41. The lowest BCUT2D eigenvalue weighted by Crippen LogP contribution is -2.16. The number of hydrogen-bond donors (Lipinski definition) is 7. The second-order valence-corrected chi connectivity index (χ2v) is 12.9. The first-order valence-corrected chi connectivity index (χ1v) is 18.6. The summed E-state index contributed by atoms with van der Waals surface area (Å²) in [5.74, 6) is -0.612. The molecule has 6 aromatic heterocycles. The van der Waals surface area contributed by atoms with E-state index in [2.05, 4.69) is 60.2 Å². The third kappa shape index (κ3) is 9.90. The van der Waals surface area contributed by atoms with Crippen LogP contribution in [0.3, 0.4) is 0 Å². The standard InChI is InChI=1S/2C19H17FN8O2.C2H6O/c2*1-30-19(29)24-14-15(21)25-17(26-16(14)22)13-11-6-4-8-23-18(11)28(27-13)9-10-5-2-3-7-12(10)20;1-2-3/h2*2-8H,9H2,1H3,(H,24,29)(H4,21,22,25,26);3H,2H2,1H3. The number of aliphatic hydroxyl groups is 1. The van der Waals surface area contributed by atoms with E-state index in [0.29, 0.717) is 44.6 Å². The van der Waals surface area contributed by atoms with Gasteiger partial charge in [0.1, 0.15) is 34.4 Å². The average molecular weight is 863 g/mol. The largest absolute Gasteiger partial charge is 0.453 e. The number of anilines is 6. The predicted molar refractivity (Wildman–Crippen MR) is 231 cm³/mol. The zero-order valence-corrected chi connectivity index (χ0v) is 33.8. The number of halogens is 2. The summed E-state index contributed by atoms with van der Waals surface area (Å²) in [6.45, 7) is 2.25. The van der Waals surface area contributed by atoms with Crippen LogP contribution in [-0.2, 0) is 22.6 Å². The van der Waals surface area contributed by atoms with Crippen molar-refractivity contribution in [2.75, 3.05) is 54.4 Å². The Hall–Kier alpha value is -8.60. The first-order valence-electron chi connectivity index (χ1n) is 18.6. The van der Waals surface area contributed by atoms with Gasteiger partial charge in [0, 0.05) is 30.1 Å². The second-order valence-electron chi connectivity index (χ2n) is 12.9. The molecule has 2 aromatic carbocycles. The number of aliphatic hydroxyl groups excluding tert-OH is 1. The third-order valence-electron chi connectivity index (χ3n) is 8.75. The highest BCUT2D eigenvalue weighted by Gasteiger charge is 2.22. The van der Waals surface area contributed by atoms with E-state index in [0.717, 1.165) is 0 Å². The minimum absolute atomic E-state index is 0.0406. The highest BCUT2D eigenvalue weighted by Crippen LogP contribution is 2.32. The van der Waals surface area contributed by atoms with Crippen LogP contribution in [0.2, 0.25) is 0 Å². The molecular formula is C40H40F2N16O5. The number of carbonyl (C=O) groups excluding carboxylic acids is 2. The highest BCUT2D eigenvalue weighted by atomic mass is 19.1. The molecule has 8 aromatic rings. The van der Waals surface area contributed by atoms with Gasteiger partial charge in [0.05, 0.1) is 38.1 Å². The van der Waals surface area contributed by atoms with Crippen molar-refractivity contribution in [2.24, 2.45) is 0 Å². The molecule has 0 spiro atoms. The maximum Gasteiger partial charge on any atom is 0.411 e. The molecule has 0 aliphatic heterocycles. The maximum absolute atomic E-state index is 14.1. The van der Waals surface area contributed by atoms with E-state index in [1.807, 2.05) is 0 Å². The van der Waals surface area contributed by atoms with Crippen LogP contribution in [0, 0.1) is 11.6 Å². The summed E-state index contributed by atoms with van der Waals surface area (Å²) in [5, 5.41) is 22.6. The second kappa shape index (κ2) is 19.6. The molecule has 0 saturated carbocycles. The SMILES string of the molecule is CCO.COC(=O)Nc1c(N)nc(-c2nn(Cc3ccccc3F)c3ncccc23)nc1N.COC(=O)Nc1c(N)nc(-c2nn(Cc3ccccc3F)c3ncccc23)nc1N. The lowest BCUT2D eigenvalue weighted by molar-refractivity contribution is 0.186. The maximum atomic E-state index is 14.1. The van der Waals surface area contributed by atoms with E-state index in [1.165, 1.54) is 26.4 Å². The zero-order valence-electron chi connectivity index (χ0n) is 33.8. The minimum atomic E-state index is -0.756. The molecule has 11 N–H and O–H groups in total.